The first kappa shape index (κ1) is 12.4. The molecule has 0 unspecified atom stereocenters. The van der Waals surface area contributed by atoms with Crippen LogP contribution < -0.4 is 4.74 Å². The number of rotatable bonds is 3. The lowest BCUT2D eigenvalue weighted by Crippen LogP contribution is -2.21. The molecule has 2 rings (SSSR count). The summed E-state index contributed by atoms with van der Waals surface area (Å²) < 4.78 is 19.7. The molecule has 1 aliphatic carbocycles. The zero-order valence-electron chi connectivity index (χ0n) is 9.51. The van der Waals surface area contributed by atoms with Gasteiger partial charge in [0, 0.05) is 5.56 Å². The van der Waals surface area contributed by atoms with Gasteiger partial charge in [0.25, 0.3) is 0 Å². The molecule has 92 valence electrons. The summed E-state index contributed by atoms with van der Waals surface area (Å²) in [5.74, 6) is -1.47. The third kappa shape index (κ3) is 1.73. The maximum Gasteiger partial charge on any atom is 0.314 e. The van der Waals surface area contributed by atoms with Crippen LogP contribution in [0.1, 0.15) is 24.0 Å². The van der Waals surface area contributed by atoms with E-state index in [1.807, 2.05) is 0 Å². The molecule has 0 heterocycles. The molecular weight excluding hydrogens is 291 g/mol. The number of ether oxygens (including phenoxy) is 1. The van der Waals surface area contributed by atoms with E-state index >= 15 is 0 Å². The topological polar surface area (TPSA) is 46.5 Å². The first-order valence-corrected chi connectivity index (χ1v) is 6.00. The molecule has 17 heavy (non-hydrogen) atoms. The number of hydrogen-bond donors (Lipinski definition) is 1. The lowest BCUT2D eigenvalue weighted by Gasteiger charge is -2.16. The highest BCUT2D eigenvalue weighted by molar-refractivity contribution is 9.10. The highest BCUT2D eigenvalue weighted by Crippen LogP contribution is 2.51. The van der Waals surface area contributed by atoms with Crippen molar-refractivity contribution >= 4 is 21.9 Å². The lowest BCUT2D eigenvalue weighted by molar-refractivity contribution is -0.140. The summed E-state index contributed by atoms with van der Waals surface area (Å²) >= 11 is 3.24. The van der Waals surface area contributed by atoms with Crippen molar-refractivity contribution in [2.24, 2.45) is 0 Å². The fraction of sp³-hybridized carbons (Fsp3) is 0.417. The predicted octanol–water partition coefficient (Wildman–Crippen LogP) is 3.02. The van der Waals surface area contributed by atoms with Crippen LogP contribution in [0.5, 0.6) is 5.75 Å². The number of carboxylic acids is 1. The third-order valence-corrected chi connectivity index (χ3v) is 4.21. The van der Waals surface area contributed by atoms with Crippen molar-refractivity contribution in [3.63, 3.8) is 0 Å². The van der Waals surface area contributed by atoms with Gasteiger partial charge < -0.3 is 9.84 Å². The molecule has 0 aliphatic heterocycles. The molecule has 1 N–H and O–H groups in total. The van der Waals surface area contributed by atoms with E-state index in [4.69, 9.17) is 4.74 Å². The molecule has 1 aromatic carbocycles. The Morgan fingerprint density at radius 3 is 2.59 bits per heavy atom. The number of carboxylic acid groups (broad SMARTS) is 1. The first-order chi connectivity index (χ1) is 7.94. The largest absolute Gasteiger partial charge is 0.492 e. The molecule has 1 aromatic rings. The Balaban J connectivity index is 2.64. The zero-order valence-corrected chi connectivity index (χ0v) is 11.1. The van der Waals surface area contributed by atoms with Gasteiger partial charge in [-0.2, -0.15) is 0 Å². The lowest BCUT2D eigenvalue weighted by atomic mass is 9.93. The van der Waals surface area contributed by atoms with E-state index in [9.17, 15) is 14.3 Å². The highest BCUT2D eigenvalue weighted by atomic mass is 79.9. The molecule has 1 saturated carbocycles. The van der Waals surface area contributed by atoms with Crippen molar-refractivity contribution < 1.29 is 19.0 Å². The summed E-state index contributed by atoms with van der Waals surface area (Å²) in [7, 11) is 1.37. The summed E-state index contributed by atoms with van der Waals surface area (Å²) in [5.41, 5.74) is -0.0589. The minimum absolute atomic E-state index is 0.0764. The molecule has 0 atom stereocenters. The van der Waals surface area contributed by atoms with Gasteiger partial charge in [0.1, 0.15) is 0 Å². The second kappa shape index (κ2) is 3.98. The first-order valence-electron chi connectivity index (χ1n) is 5.20. The van der Waals surface area contributed by atoms with E-state index in [0.717, 1.165) is 5.56 Å². The van der Waals surface area contributed by atoms with Crippen molar-refractivity contribution in [1.82, 2.24) is 0 Å². The number of hydrogen-bond acceptors (Lipinski definition) is 2. The Bertz CT molecular complexity index is 495. The van der Waals surface area contributed by atoms with Crippen LogP contribution in [0, 0.1) is 12.7 Å². The third-order valence-electron chi connectivity index (χ3n) is 3.22. The second-order valence-electron chi connectivity index (χ2n) is 4.29. The van der Waals surface area contributed by atoms with E-state index in [1.54, 1.807) is 13.0 Å². The molecule has 0 saturated heterocycles. The normalized spacial score (nSPS) is 16.7. The fourth-order valence-electron chi connectivity index (χ4n) is 1.99. The van der Waals surface area contributed by atoms with E-state index in [1.165, 1.54) is 7.11 Å². The SMILES string of the molecule is COc1c(F)c(C2(C(=O)O)CC2)cc(C)c1Br. The number of halogens is 2. The van der Waals surface area contributed by atoms with Crippen LogP contribution in [0.4, 0.5) is 4.39 Å². The molecule has 0 radical (unpaired) electrons. The van der Waals surface area contributed by atoms with Crippen molar-refractivity contribution in [2.45, 2.75) is 25.2 Å². The van der Waals surface area contributed by atoms with Gasteiger partial charge in [0.2, 0.25) is 0 Å². The average molecular weight is 303 g/mol. The number of aryl methyl sites for hydroxylation is 1. The summed E-state index contributed by atoms with van der Waals surface area (Å²) in [6, 6.07) is 1.59. The standard InChI is InChI=1S/C12H12BrFO3/c1-6-5-7(12(3-4-12)11(15)16)9(14)10(17-2)8(6)13/h5H,3-4H2,1-2H3,(H,15,16). The molecule has 0 spiro atoms. The number of methoxy groups -OCH3 is 1. The molecule has 0 aromatic heterocycles. The average Bonchev–Trinajstić information content (AvgIpc) is 3.05. The van der Waals surface area contributed by atoms with E-state index in [0.29, 0.717) is 17.3 Å². The predicted molar refractivity (Wildman–Crippen MR) is 63.9 cm³/mol. The molecule has 1 aliphatic rings. The maximum absolute atomic E-state index is 14.2. The highest BCUT2D eigenvalue weighted by Gasteiger charge is 2.54. The Morgan fingerprint density at radius 2 is 2.18 bits per heavy atom. The van der Waals surface area contributed by atoms with Gasteiger partial charge in [-0.1, -0.05) is 6.07 Å². The van der Waals surface area contributed by atoms with E-state index < -0.39 is 17.2 Å². The Hall–Kier alpha value is -1.10. The summed E-state index contributed by atoms with van der Waals surface area (Å²) in [5, 5.41) is 9.19. The van der Waals surface area contributed by atoms with Gasteiger partial charge in [0.15, 0.2) is 11.6 Å². The van der Waals surface area contributed by atoms with E-state index in [-0.39, 0.29) is 11.3 Å². The fourth-order valence-corrected chi connectivity index (χ4v) is 2.44. The number of carbonyl (C=O) groups is 1. The van der Waals surface area contributed by atoms with Crippen molar-refractivity contribution in [3.8, 4) is 5.75 Å². The molecule has 0 amide bonds. The van der Waals surface area contributed by atoms with Crippen LogP contribution in [0.15, 0.2) is 10.5 Å². The minimum atomic E-state index is -1.05. The van der Waals surface area contributed by atoms with Crippen LogP contribution >= 0.6 is 15.9 Å². The molecule has 1 fully saturated rings. The maximum atomic E-state index is 14.2. The van der Waals surface area contributed by atoms with Gasteiger partial charge in [-0.15, -0.1) is 0 Å². The zero-order chi connectivity index (χ0) is 12.8. The summed E-state index contributed by atoms with van der Waals surface area (Å²) in [4.78, 5) is 11.2. The molecular formula is C12H12BrFO3. The Kier molecular flexibility index (Phi) is 2.89. The van der Waals surface area contributed by atoms with Crippen LogP contribution in [-0.4, -0.2) is 18.2 Å². The smallest absolute Gasteiger partial charge is 0.314 e. The van der Waals surface area contributed by atoms with Gasteiger partial charge in [-0.3, -0.25) is 4.79 Å². The van der Waals surface area contributed by atoms with Crippen molar-refractivity contribution in [1.29, 1.82) is 0 Å². The van der Waals surface area contributed by atoms with E-state index in [2.05, 4.69) is 15.9 Å². The van der Waals surface area contributed by atoms with Crippen LogP contribution in [0.2, 0.25) is 0 Å². The van der Waals surface area contributed by atoms with Crippen LogP contribution in [0.25, 0.3) is 0 Å². The minimum Gasteiger partial charge on any atom is -0.492 e. The monoisotopic (exact) mass is 302 g/mol. The quantitative estimate of drug-likeness (QED) is 0.933. The van der Waals surface area contributed by atoms with Crippen LogP contribution in [-0.2, 0) is 10.2 Å². The second-order valence-corrected chi connectivity index (χ2v) is 5.08. The molecule has 0 bridgehead atoms. The number of aliphatic carboxylic acids is 1. The van der Waals surface area contributed by atoms with Gasteiger partial charge in [-0.25, -0.2) is 4.39 Å². The van der Waals surface area contributed by atoms with Gasteiger partial charge >= 0.3 is 5.97 Å². The Morgan fingerprint density at radius 1 is 1.59 bits per heavy atom. The number of benzene rings is 1. The molecule has 5 heteroatoms. The van der Waals surface area contributed by atoms with Crippen molar-refractivity contribution in [3.05, 3.63) is 27.5 Å². The molecule has 3 nitrogen and oxygen atoms in total. The van der Waals surface area contributed by atoms with Gasteiger partial charge in [0.05, 0.1) is 17.0 Å². The summed E-state index contributed by atoms with van der Waals surface area (Å²) in [6.45, 7) is 1.79. The summed E-state index contributed by atoms with van der Waals surface area (Å²) in [6.07, 6.45) is 0.951. The Labute approximate surface area is 107 Å². The van der Waals surface area contributed by atoms with Gasteiger partial charge in [-0.05, 0) is 41.3 Å². The van der Waals surface area contributed by atoms with Crippen LogP contribution in [0.3, 0.4) is 0 Å². The van der Waals surface area contributed by atoms with Crippen molar-refractivity contribution in [2.75, 3.05) is 7.11 Å².